The Bertz CT molecular complexity index is 866. The molecule has 0 radical (unpaired) electrons. The minimum Gasteiger partial charge on any atom is -0.495 e. The van der Waals surface area contributed by atoms with Crippen LogP contribution in [-0.4, -0.2) is 37.0 Å². The summed E-state index contributed by atoms with van der Waals surface area (Å²) in [4.78, 5) is 28.1. The van der Waals surface area contributed by atoms with Crippen LogP contribution in [-0.2, 0) is 11.0 Å². The van der Waals surface area contributed by atoms with E-state index in [1.807, 2.05) is 0 Å². The SMILES string of the molecule is COc1ccccc1N(CN1CCCC1=O)C(=O)c1ccc(C(F)(F)F)cc1. The lowest BCUT2D eigenvalue weighted by Crippen LogP contribution is -2.42. The van der Waals surface area contributed by atoms with Crippen LogP contribution in [0.1, 0.15) is 28.8 Å². The number of alkyl halides is 3. The van der Waals surface area contributed by atoms with Gasteiger partial charge in [-0.3, -0.25) is 14.5 Å². The van der Waals surface area contributed by atoms with Crippen LogP contribution < -0.4 is 9.64 Å². The van der Waals surface area contributed by atoms with E-state index in [2.05, 4.69) is 0 Å². The molecule has 1 heterocycles. The molecule has 5 nitrogen and oxygen atoms in total. The van der Waals surface area contributed by atoms with Crippen molar-refractivity contribution in [3.63, 3.8) is 0 Å². The zero-order valence-corrected chi connectivity index (χ0v) is 15.2. The molecule has 3 rings (SSSR count). The van der Waals surface area contributed by atoms with Crippen LogP contribution in [0.25, 0.3) is 0 Å². The van der Waals surface area contributed by atoms with Gasteiger partial charge in [0.15, 0.2) is 0 Å². The van der Waals surface area contributed by atoms with Crippen LogP contribution in [0.15, 0.2) is 48.5 Å². The molecule has 148 valence electrons. The second-order valence-electron chi connectivity index (χ2n) is 6.38. The average molecular weight is 392 g/mol. The van der Waals surface area contributed by atoms with Gasteiger partial charge in [0, 0.05) is 18.5 Å². The highest BCUT2D eigenvalue weighted by Crippen LogP contribution is 2.32. The number of para-hydroxylation sites is 2. The molecule has 0 aromatic heterocycles. The maximum absolute atomic E-state index is 13.1. The summed E-state index contributed by atoms with van der Waals surface area (Å²) < 4.78 is 43.7. The van der Waals surface area contributed by atoms with Crippen molar-refractivity contribution < 1.29 is 27.5 Å². The molecule has 1 fully saturated rings. The summed E-state index contributed by atoms with van der Waals surface area (Å²) in [7, 11) is 1.46. The number of carbonyl (C=O) groups excluding carboxylic acids is 2. The van der Waals surface area contributed by atoms with Gasteiger partial charge in [-0.05, 0) is 42.8 Å². The molecule has 0 saturated carbocycles. The van der Waals surface area contributed by atoms with Crippen molar-refractivity contribution in [2.24, 2.45) is 0 Å². The van der Waals surface area contributed by atoms with Gasteiger partial charge >= 0.3 is 6.18 Å². The number of benzene rings is 2. The summed E-state index contributed by atoms with van der Waals surface area (Å²) in [5.74, 6) is -0.160. The van der Waals surface area contributed by atoms with Crippen LogP contribution >= 0.6 is 0 Å². The van der Waals surface area contributed by atoms with Crippen molar-refractivity contribution in [2.45, 2.75) is 19.0 Å². The Kier molecular flexibility index (Phi) is 5.58. The normalized spacial score (nSPS) is 14.3. The minimum atomic E-state index is -4.48. The largest absolute Gasteiger partial charge is 0.495 e. The van der Waals surface area contributed by atoms with E-state index in [0.29, 0.717) is 30.8 Å². The van der Waals surface area contributed by atoms with E-state index in [1.54, 1.807) is 29.2 Å². The van der Waals surface area contributed by atoms with Crippen molar-refractivity contribution in [3.8, 4) is 5.75 Å². The van der Waals surface area contributed by atoms with Gasteiger partial charge in [-0.2, -0.15) is 13.2 Å². The third kappa shape index (κ3) is 4.11. The van der Waals surface area contributed by atoms with E-state index in [4.69, 9.17) is 4.74 Å². The summed E-state index contributed by atoms with van der Waals surface area (Å²) in [6, 6.07) is 10.8. The van der Waals surface area contributed by atoms with E-state index in [1.165, 1.54) is 12.0 Å². The van der Waals surface area contributed by atoms with Gasteiger partial charge in [0.1, 0.15) is 12.4 Å². The number of likely N-dealkylation sites (tertiary alicyclic amines) is 1. The van der Waals surface area contributed by atoms with E-state index in [0.717, 1.165) is 24.3 Å². The van der Waals surface area contributed by atoms with Crippen molar-refractivity contribution in [1.29, 1.82) is 0 Å². The maximum atomic E-state index is 13.1. The number of hydrogen-bond acceptors (Lipinski definition) is 3. The number of ether oxygens (including phenoxy) is 1. The Morgan fingerprint density at radius 2 is 1.82 bits per heavy atom. The lowest BCUT2D eigenvalue weighted by Gasteiger charge is -2.29. The minimum absolute atomic E-state index is 0.000930. The number of halogens is 3. The van der Waals surface area contributed by atoms with Gasteiger partial charge < -0.3 is 9.64 Å². The molecule has 0 bridgehead atoms. The number of rotatable bonds is 5. The third-order valence-corrected chi connectivity index (χ3v) is 4.56. The van der Waals surface area contributed by atoms with Crippen LogP contribution in [0.2, 0.25) is 0 Å². The van der Waals surface area contributed by atoms with E-state index in [9.17, 15) is 22.8 Å². The van der Waals surface area contributed by atoms with Gasteiger partial charge in [-0.1, -0.05) is 12.1 Å². The Morgan fingerprint density at radius 1 is 1.14 bits per heavy atom. The van der Waals surface area contributed by atoms with Gasteiger partial charge in [0.2, 0.25) is 5.91 Å². The van der Waals surface area contributed by atoms with Crippen LogP contribution in [0.3, 0.4) is 0 Å². The lowest BCUT2D eigenvalue weighted by molar-refractivity contribution is -0.137. The lowest BCUT2D eigenvalue weighted by atomic mass is 10.1. The summed E-state index contributed by atoms with van der Waals surface area (Å²) in [5, 5.41) is 0. The van der Waals surface area contributed by atoms with Crippen molar-refractivity contribution in [1.82, 2.24) is 4.90 Å². The number of nitrogens with zero attached hydrogens (tertiary/aromatic N) is 2. The fourth-order valence-electron chi connectivity index (χ4n) is 3.08. The molecule has 2 amide bonds. The number of carbonyl (C=O) groups is 2. The monoisotopic (exact) mass is 392 g/mol. The van der Waals surface area contributed by atoms with Crippen molar-refractivity contribution >= 4 is 17.5 Å². The van der Waals surface area contributed by atoms with Crippen molar-refractivity contribution in [3.05, 3.63) is 59.7 Å². The maximum Gasteiger partial charge on any atom is 0.416 e. The molecule has 2 aromatic rings. The molecular formula is C20H19F3N2O3. The molecular weight excluding hydrogens is 373 g/mol. The third-order valence-electron chi connectivity index (χ3n) is 4.56. The molecule has 0 N–H and O–H groups in total. The fourth-order valence-corrected chi connectivity index (χ4v) is 3.08. The first kappa shape index (κ1) is 19.7. The summed E-state index contributed by atoms with van der Waals surface area (Å²) >= 11 is 0. The zero-order valence-electron chi connectivity index (χ0n) is 15.2. The van der Waals surface area contributed by atoms with Gasteiger partial charge in [-0.15, -0.1) is 0 Å². The standard InChI is InChI=1S/C20H19F3N2O3/c1-28-17-6-3-2-5-16(17)25(13-24-12-4-7-18(24)26)19(27)14-8-10-15(11-9-14)20(21,22)23/h2-3,5-6,8-11H,4,7,12-13H2,1H3. The molecule has 1 saturated heterocycles. The highest BCUT2D eigenvalue weighted by Gasteiger charge is 2.31. The van der Waals surface area contributed by atoms with Crippen LogP contribution in [0.5, 0.6) is 5.75 Å². The summed E-state index contributed by atoms with van der Waals surface area (Å²) in [6.45, 7) is 0.518. The second kappa shape index (κ2) is 7.92. The summed E-state index contributed by atoms with van der Waals surface area (Å²) in [6.07, 6.45) is -3.37. The number of methoxy groups -OCH3 is 1. The van der Waals surface area contributed by atoms with Gasteiger partial charge in [-0.25, -0.2) is 0 Å². The first-order valence-corrected chi connectivity index (χ1v) is 8.71. The van der Waals surface area contributed by atoms with E-state index >= 15 is 0 Å². The van der Waals surface area contributed by atoms with Crippen LogP contribution in [0, 0.1) is 0 Å². The predicted molar refractivity (Wildman–Crippen MR) is 97.1 cm³/mol. The van der Waals surface area contributed by atoms with Gasteiger partial charge in [0.05, 0.1) is 18.4 Å². The molecule has 8 heteroatoms. The highest BCUT2D eigenvalue weighted by atomic mass is 19.4. The van der Waals surface area contributed by atoms with E-state index < -0.39 is 17.6 Å². The molecule has 2 aromatic carbocycles. The predicted octanol–water partition coefficient (Wildman–Crippen LogP) is 3.94. The fraction of sp³-hybridized carbons (Fsp3) is 0.300. The summed E-state index contributed by atoms with van der Waals surface area (Å²) in [5.41, 5.74) is -0.303. The molecule has 1 aliphatic heterocycles. The average Bonchev–Trinajstić information content (AvgIpc) is 3.09. The zero-order chi connectivity index (χ0) is 20.3. The quantitative estimate of drug-likeness (QED) is 0.775. The van der Waals surface area contributed by atoms with Crippen LogP contribution in [0.4, 0.5) is 18.9 Å². The Hall–Kier alpha value is -3.03. The Morgan fingerprint density at radius 3 is 2.39 bits per heavy atom. The highest BCUT2D eigenvalue weighted by molar-refractivity contribution is 6.07. The van der Waals surface area contributed by atoms with E-state index in [-0.39, 0.29) is 18.1 Å². The Labute approximate surface area is 160 Å². The first-order valence-electron chi connectivity index (χ1n) is 8.71. The molecule has 28 heavy (non-hydrogen) atoms. The number of amides is 2. The number of hydrogen-bond donors (Lipinski definition) is 0. The molecule has 0 unspecified atom stereocenters. The molecule has 1 aliphatic rings. The Balaban J connectivity index is 1.95. The molecule has 0 aliphatic carbocycles. The molecule has 0 atom stereocenters. The van der Waals surface area contributed by atoms with Crippen molar-refractivity contribution in [2.75, 3.05) is 25.2 Å². The number of anilines is 1. The smallest absolute Gasteiger partial charge is 0.416 e. The topological polar surface area (TPSA) is 49.9 Å². The first-order chi connectivity index (χ1) is 13.3. The molecule has 0 spiro atoms. The second-order valence-corrected chi connectivity index (χ2v) is 6.38. The van der Waals surface area contributed by atoms with Gasteiger partial charge in [0.25, 0.3) is 5.91 Å².